The van der Waals surface area contributed by atoms with Crippen LogP contribution < -0.4 is 0 Å². The van der Waals surface area contributed by atoms with Crippen molar-refractivity contribution in [3.63, 3.8) is 0 Å². The monoisotopic (exact) mass is 302 g/mol. The van der Waals surface area contributed by atoms with Crippen LogP contribution in [0.5, 0.6) is 0 Å². The van der Waals surface area contributed by atoms with Gasteiger partial charge in [0.15, 0.2) is 5.78 Å². The van der Waals surface area contributed by atoms with Gasteiger partial charge in [-0.15, -0.1) is 0 Å². The minimum absolute atomic E-state index is 0.0477. The molecule has 22 heavy (non-hydrogen) atoms. The van der Waals surface area contributed by atoms with Crippen molar-refractivity contribution < 1.29 is 9.90 Å². The summed E-state index contributed by atoms with van der Waals surface area (Å²) in [6, 6.07) is 0. The van der Waals surface area contributed by atoms with Crippen LogP contribution in [-0.2, 0) is 4.79 Å². The second kappa shape index (κ2) is 5.06. The summed E-state index contributed by atoms with van der Waals surface area (Å²) in [7, 11) is 0. The molecule has 3 aliphatic carbocycles. The highest BCUT2D eigenvalue weighted by Crippen LogP contribution is 2.61. The molecule has 0 bridgehead atoms. The van der Waals surface area contributed by atoms with E-state index in [4.69, 9.17) is 0 Å². The topological polar surface area (TPSA) is 37.3 Å². The number of rotatable bonds is 0. The van der Waals surface area contributed by atoms with Crippen LogP contribution in [0.3, 0.4) is 0 Å². The zero-order valence-electron chi connectivity index (χ0n) is 14.5. The molecule has 122 valence electrons. The molecule has 0 aromatic rings. The first kappa shape index (κ1) is 16.0. The molecule has 2 heteroatoms. The molecular formula is C20H30O2. The van der Waals surface area contributed by atoms with Gasteiger partial charge in [0.05, 0.1) is 6.10 Å². The van der Waals surface area contributed by atoms with E-state index in [1.165, 1.54) is 11.1 Å². The molecule has 0 radical (unpaired) electrons. The van der Waals surface area contributed by atoms with Gasteiger partial charge in [0.1, 0.15) is 0 Å². The molecule has 0 aliphatic heterocycles. The third-order valence-corrected chi connectivity index (χ3v) is 7.02. The molecule has 3 fully saturated rings. The zero-order valence-corrected chi connectivity index (χ0v) is 14.5. The van der Waals surface area contributed by atoms with Crippen LogP contribution in [0.15, 0.2) is 23.3 Å². The number of aliphatic hydroxyl groups excluding tert-OH is 1. The van der Waals surface area contributed by atoms with E-state index in [9.17, 15) is 9.90 Å². The fraction of sp³-hybridized carbons (Fsp3) is 0.750. The maximum Gasteiger partial charge on any atom is 0.159 e. The van der Waals surface area contributed by atoms with Crippen LogP contribution in [0.1, 0.15) is 66.2 Å². The Labute approximate surface area is 134 Å². The third-order valence-electron chi connectivity index (χ3n) is 7.02. The lowest BCUT2D eigenvalue weighted by Gasteiger charge is -2.47. The summed E-state index contributed by atoms with van der Waals surface area (Å²) in [6.07, 6.45) is 5.27. The molecule has 2 nitrogen and oxygen atoms in total. The van der Waals surface area contributed by atoms with Crippen molar-refractivity contribution in [3.05, 3.63) is 23.3 Å². The van der Waals surface area contributed by atoms with E-state index in [1.807, 2.05) is 0 Å². The van der Waals surface area contributed by atoms with Crippen LogP contribution in [0, 0.1) is 22.7 Å². The molecule has 3 rings (SSSR count). The molecule has 0 unspecified atom stereocenters. The van der Waals surface area contributed by atoms with Gasteiger partial charge in [0.25, 0.3) is 0 Å². The van der Waals surface area contributed by atoms with Gasteiger partial charge in [-0.2, -0.15) is 0 Å². The molecule has 0 spiro atoms. The van der Waals surface area contributed by atoms with E-state index < -0.39 is 0 Å². The van der Waals surface area contributed by atoms with E-state index in [2.05, 4.69) is 34.3 Å². The van der Waals surface area contributed by atoms with Crippen molar-refractivity contribution in [1.29, 1.82) is 0 Å². The molecular weight excluding hydrogens is 272 g/mol. The van der Waals surface area contributed by atoms with Crippen LogP contribution >= 0.6 is 0 Å². The summed E-state index contributed by atoms with van der Waals surface area (Å²) in [4.78, 5) is 12.6. The minimum Gasteiger partial charge on any atom is -0.393 e. The predicted octanol–water partition coefficient (Wildman–Crippen LogP) is 4.44. The van der Waals surface area contributed by atoms with E-state index in [-0.39, 0.29) is 16.9 Å². The number of fused-ring (bicyclic) bond motifs is 2. The molecule has 0 aromatic heterocycles. The Balaban J connectivity index is 2.03. The first-order valence-corrected chi connectivity index (χ1v) is 8.75. The second-order valence-corrected chi connectivity index (χ2v) is 8.73. The third kappa shape index (κ3) is 2.14. The van der Waals surface area contributed by atoms with Gasteiger partial charge in [-0.05, 0) is 68.8 Å². The summed E-state index contributed by atoms with van der Waals surface area (Å²) in [6.45, 7) is 13.0. The number of aliphatic hydroxyl groups is 1. The molecule has 0 aromatic carbocycles. The minimum atomic E-state index is -0.226. The zero-order chi connectivity index (χ0) is 16.3. The lowest BCUT2D eigenvalue weighted by Crippen LogP contribution is -2.44. The van der Waals surface area contributed by atoms with Gasteiger partial charge < -0.3 is 5.11 Å². The van der Waals surface area contributed by atoms with E-state index in [0.717, 1.165) is 37.7 Å². The van der Waals surface area contributed by atoms with Crippen LogP contribution in [0.4, 0.5) is 0 Å². The summed E-state index contributed by atoms with van der Waals surface area (Å²) in [5, 5.41) is 10.7. The van der Waals surface area contributed by atoms with Crippen molar-refractivity contribution in [2.75, 3.05) is 0 Å². The number of allylic oxidation sites excluding steroid dienone is 3. The van der Waals surface area contributed by atoms with Crippen LogP contribution in [0.2, 0.25) is 0 Å². The smallest absolute Gasteiger partial charge is 0.159 e. The Kier molecular flexibility index (Phi) is 3.67. The Bertz CT molecular complexity index is 554. The van der Waals surface area contributed by atoms with Gasteiger partial charge in [0.2, 0.25) is 0 Å². The standard InChI is InChI=1S/C20H30O2/c1-12(2)18-14-8-9-20(5)15(13(3)6-7-17(20)22)10-19(14,4)11-16(18)21/h14-15,17,22H,3,6-11H2,1-2,4-5H3/t14-,15+,17-,19-,20-/m1/s1. The maximum atomic E-state index is 12.6. The van der Waals surface area contributed by atoms with Crippen LogP contribution in [-0.4, -0.2) is 17.0 Å². The summed E-state index contributed by atoms with van der Waals surface area (Å²) in [5.74, 6) is 1.08. The molecule has 5 atom stereocenters. The molecule has 0 saturated heterocycles. The summed E-state index contributed by atoms with van der Waals surface area (Å²) < 4.78 is 0. The van der Waals surface area contributed by atoms with Gasteiger partial charge >= 0.3 is 0 Å². The second-order valence-electron chi connectivity index (χ2n) is 8.73. The number of hydrogen-bond acceptors (Lipinski definition) is 2. The van der Waals surface area contributed by atoms with Gasteiger partial charge in [0, 0.05) is 11.8 Å². The van der Waals surface area contributed by atoms with Crippen molar-refractivity contribution in [3.8, 4) is 0 Å². The average molecular weight is 302 g/mol. The van der Waals surface area contributed by atoms with Crippen molar-refractivity contribution >= 4 is 5.78 Å². The Hall–Kier alpha value is -0.890. The molecule has 1 N–H and O–H groups in total. The number of ketones is 1. The van der Waals surface area contributed by atoms with Crippen molar-refractivity contribution in [1.82, 2.24) is 0 Å². The first-order valence-electron chi connectivity index (χ1n) is 8.75. The highest BCUT2D eigenvalue weighted by atomic mass is 16.3. The van der Waals surface area contributed by atoms with Gasteiger partial charge in [-0.3, -0.25) is 4.79 Å². The van der Waals surface area contributed by atoms with Gasteiger partial charge in [-0.1, -0.05) is 31.6 Å². The Morgan fingerprint density at radius 3 is 2.55 bits per heavy atom. The average Bonchev–Trinajstić information content (AvgIpc) is 2.61. The Morgan fingerprint density at radius 1 is 1.23 bits per heavy atom. The van der Waals surface area contributed by atoms with Gasteiger partial charge in [-0.25, -0.2) is 0 Å². The quantitative estimate of drug-likeness (QED) is 0.531. The highest BCUT2D eigenvalue weighted by Gasteiger charge is 2.56. The largest absolute Gasteiger partial charge is 0.393 e. The number of carbonyl (C=O) groups is 1. The van der Waals surface area contributed by atoms with Crippen molar-refractivity contribution in [2.24, 2.45) is 22.7 Å². The molecule has 3 aliphatic rings. The lowest BCUT2D eigenvalue weighted by molar-refractivity contribution is -0.115. The number of hydrogen-bond donors (Lipinski definition) is 1. The van der Waals surface area contributed by atoms with E-state index >= 15 is 0 Å². The molecule has 0 heterocycles. The maximum absolute atomic E-state index is 12.6. The summed E-state index contributed by atoms with van der Waals surface area (Å²) in [5.41, 5.74) is 3.57. The molecule has 0 amide bonds. The number of carbonyl (C=O) groups excluding carboxylic acids is 1. The highest BCUT2D eigenvalue weighted by molar-refractivity contribution is 5.99. The van der Waals surface area contributed by atoms with Crippen molar-refractivity contribution in [2.45, 2.75) is 72.3 Å². The molecule has 3 saturated carbocycles. The number of Topliss-reactive ketones (excluding diaryl/α,β-unsaturated/α-hetero) is 1. The fourth-order valence-corrected chi connectivity index (χ4v) is 5.63. The van der Waals surface area contributed by atoms with Crippen LogP contribution in [0.25, 0.3) is 0 Å². The van der Waals surface area contributed by atoms with E-state index in [0.29, 0.717) is 24.0 Å². The summed E-state index contributed by atoms with van der Waals surface area (Å²) >= 11 is 0. The first-order chi connectivity index (χ1) is 10.2. The SMILES string of the molecule is C=C1CC[C@@H](O)[C@]2(C)CC[C@@H]3C(=C(C)C)C(=O)C[C@@]3(C)C[C@@H]12. The Morgan fingerprint density at radius 2 is 1.91 bits per heavy atom. The normalized spacial score (nSPS) is 45.3. The van der Waals surface area contributed by atoms with E-state index in [1.54, 1.807) is 0 Å². The predicted molar refractivity (Wildman–Crippen MR) is 89.4 cm³/mol. The lowest BCUT2D eigenvalue weighted by atomic mass is 9.59. The fourth-order valence-electron chi connectivity index (χ4n) is 5.63.